The standard InChI is InChI=1S/C13H21ClN2O/c1-13(2,5-3-7-17)10-16-8-11-4-6-15-9-12(11)14/h4,6,9,16-17H,3,5,7-8,10H2,1-2H3. The molecule has 0 bridgehead atoms. The minimum Gasteiger partial charge on any atom is -0.396 e. The molecule has 4 heteroatoms. The van der Waals surface area contributed by atoms with Crippen molar-refractivity contribution in [2.24, 2.45) is 5.41 Å². The molecule has 1 rings (SSSR count). The van der Waals surface area contributed by atoms with Crippen LogP contribution in [0.4, 0.5) is 0 Å². The Balaban J connectivity index is 2.35. The van der Waals surface area contributed by atoms with Crippen LogP contribution in [0.2, 0.25) is 5.02 Å². The predicted octanol–water partition coefficient (Wildman–Crippen LogP) is 2.62. The van der Waals surface area contributed by atoms with E-state index in [0.29, 0.717) is 5.02 Å². The lowest BCUT2D eigenvalue weighted by atomic mass is 9.88. The zero-order chi connectivity index (χ0) is 12.7. The van der Waals surface area contributed by atoms with E-state index in [1.807, 2.05) is 6.07 Å². The Bertz CT molecular complexity index is 342. The molecule has 2 N–H and O–H groups in total. The van der Waals surface area contributed by atoms with Crippen molar-refractivity contribution in [3.05, 3.63) is 29.0 Å². The summed E-state index contributed by atoms with van der Waals surface area (Å²) in [5, 5.41) is 12.9. The van der Waals surface area contributed by atoms with Crippen LogP contribution < -0.4 is 5.32 Å². The third kappa shape index (κ3) is 5.48. The number of aliphatic hydroxyl groups excluding tert-OH is 1. The highest BCUT2D eigenvalue weighted by molar-refractivity contribution is 6.31. The Hall–Kier alpha value is -0.640. The summed E-state index contributed by atoms with van der Waals surface area (Å²) >= 11 is 6.02. The maximum absolute atomic E-state index is 8.82. The van der Waals surface area contributed by atoms with Crippen molar-refractivity contribution in [3.63, 3.8) is 0 Å². The van der Waals surface area contributed by atoms with Gasteiger partial charge in [0.2, 0.25) is 0 Å². The number of pyridine rings is 1. The number of nitrogens with one attached hydrogen (secondary N) is 1. The maximum atomic E-state index is 8.82. The summed E-state index contributed by atoms with van der Waals surface area (Å²) in [4.78, 5) is 3.95. The molecule has 0 aliphatic rings. The zero-order valence-electron chi connectivity index (χ0n) is 10.5. The SMILES string of the molecule is CC(C)(CCCO)CNCc1ccncc1Cl. The molecule has 0 saturated heterocycles. The van der Waals surface area contributed by atoms with Gasteiger partial charge in [0.15, 0.2) is 0 Å². The van der Waals surface area contributed by atoms with Crippen molar-refractivity contribution in [1.82, 2.24) is 10.3 Å². The second-order valence-electron chi connectivity index (χ2n) is 5.06. The van der Waals surface area contributed by atoms with Crippen LogP contribution in [0.25, 0.3) is 0 Å². The van der Waals surface area contributed by atoms with Gasteiger partial charge in [0.25, 0.3) is 0 Å². The van der Waals surface area contributed by atoms with Gasteiger partial charge in [0, 0.05) is 32.1 Å². The van der Waals surface area contributed by atoms with Gasteiger partial charge >= 0.3 is 0 Å². The van der Waals surface area contributed by atoms with Crippen LogP contribution in [-0.2, 0) is 6.54 Å². The van der Waals surface area contributed by atoms with Crippen molar-refractivity contribution in [2.75, 3.05) is 13.2 Å². The molecule has 0 spiro atoms. The zero-order valence-corrected chi connectivity index (χ0v) is 11.3. The highest BCUT2D eigenvalue weighted by Crippen LogP contribution is 2.21. The van der Waals surface area contributed by atoms with E-state index in [9.17, 15) is 0 Å². The lowest BCUT2D eigenvalue weighted by Gasteiger charge is -2.24. The molecule has 0 saturated carbocycles. The summed E-state index contributed by atoms with van der Waals surface area (Å²) in [6, 6.07) is 1.93. The number of nitrogens with zero attached hydrogens (tertiary/aromatic N) is 1. The van der Waals surface area contributed by atoms with Crippen molar-refractivity contribution in [2.45, 2.75) is 33.2 Å². The Labute approximate surface area is 108 Å². The summed E-state index contributed by atoms with van der Waals surface area (Å²) in [7, 11) is 0. The first-order valence-corrected chi connectivity index (χ1v) is 6.33. The van der Waals surface area contributed by atoms with E-state index in [-0.39, 0.29) is 12.0 Å². The molecule has 17 heavy (non-hydrogen) atoms. The summed E-state index contributed by atoms with van der Waals surface area (Å²) in [6.07, 6.45) is 5.28. The molecule has 0 amide bonds. The number of rotatable bonds is 7. The fourth-order valence-electron chi connectivity index (χ4n) is 1.73. The molecule has 0 aliphatic heterocycles. The van der Waals surface area contributed by atoms with E-state index in [1.54, 1.807) is 12.4 Å². The fraction of sp³-hybridized carbons (Fsp3) is 0.615. The number of halogens is 1. The van der Waals surface area contributed by atoms with Crippen LogP contribution in [-0.4, -0.2) is 23.2 Å². The number of hydrogen-bond donors (Lipinski definition) is 2. The van der Waals surface area contributed by atoms with Crippen molar-refractivity contribution < 1.29 is 5.11 Å². The first-order chi connectivity index (χ1) is 8.05. The van der Waals surface area contributed by atoms with E-state index in [2.05, 4.69) is 24.1 Å². The minimum absolute atomic E-state index is 0.197. The molecule has 3 nitrogen and oxygen atoms in total. The third-order valence-electron chi connectivity index (χ3n) is 2.79. The summed E-state index contributed by atoms with van der Waals surface area (Å²) in [5.41, 5.74) is 1.27. The van der Waals surface area contributed by atoms with Gasteiger partial charge in [-0.3, -0.25) is 4.98 Å². The van der Waals surface area contributed by atoms with E-state index >= 15 is 0 Å². The summed E-state index contributed by atoms with van der Waals surface area (Å²) in [6.45, 7) is 6.32. The van der Waals surface area contributed by atoms with Crippen LogP contribution in [0.3, 0.4) is 0 Å². The largest absolute Gasteiger partial charge is 0.396 e. The number of aliphatic hydroxyl groups is 1. The first kappa shape index (κ1) is 14.4. The molecule has 0 radical (unpaired) electrons. The average Bonchev–Trinajstić information content (AvgIpc) is 2.29. The molecule has 0 aliphatic carbocycles. The summed E-state index contributed by atoms with van der Waals surface area (Å²) in [5.74, 6) is 0. The molecule has 96 valence electrons. The number of aromatic nitrogens is 1. The molecular weight excluding hydrogens is 236 g/mol. The van der Waals surface area contributed by atoms with Crippen molar-refractivity contribution in [1.29, 1.82) is 0 Å². The molecule has 1 aromatic heterocycles. The van der Waals surface area contributed by atoms with Crippen molar-refractivity contribution in [3.8, 4) is 0 Å². The molecule has 0 unspecified atom stereocenters. The van der Waals surface area contributed by atoms with Crippen LogP contribution in [0.5, 0.6) is 0 Å². The molecular formula is C13H21ClN2O. The van der Waals surface area contributed by atoms with Gasteiger partial charge in [-0.2, -0.15) is 0 Å². The van der Waals surface area contributed by atoms with Gasteiger partial charge < -0.3 is 10.4 Å². The maximum Gasteiger partial charge on any atom is 0.0634 e. The molecule has 1 heterocycles. The molecule has 0 atom stereocenters. The highest BCUT2D eigenvalue weighted by atomic mass is 35.5. The molecule has 0 fully saturated rings. The van der Waals surface area contributed by atoms with Gasteiger partial charge in [-0.1, -0.05) is 25.4 Å². The second-order valence-corrected chi connectivity index (χ2v) is 5.47. The monoisotopic (exact) mass is 256 g/mol. The van der Waals surface area contributed by atoms with Crippen LogP contribution in [0.1, 0.15) is 32.3 Å². The third-order valence-corrected chi connectivity index (χ3v) is 3.13. The van der Waals surface area contributed by atoms with Gasteiger partial charge in [0.1, 0.15) is 0 Å². The van der Waals surface area contributed by atoms with Gasteiger partial charge in [-0.15, -0.1) is 0 Å². The molecule has 0 aromatic carbocycles. The predicted molar refractivity (Wildman–Crippen MR) is 71.1 cm³/mol. The Morgan fingerprint density at radius 2 is 2.24 bits per heavy atom. The summed E-state index contributed by atoms with van der Waals surface area (Å²) < 4.78 is 0. The highest BCUT2D eigenvalue weighted by Gasteiger charge is 2.16. The smallest absolute Gasteiger partial charge is 0.0634 e. The molecule has 1 aromatic rings. The Kier molecular flexibility index (Phi) is 5.89. The fourth-order valence-corrected chi connectivity index (χ4v) is 1.92. The average molecular weight is 257 g/mol. The Morgan fingerprint density at radius 1 is 1.47 bits per heavy atom. The van der Waals surface area contributed by atoms with Crippen molar-refractivity contribution >= 4 is 11.6 Å². The van der Waals surface area contributed by atoms with Crippen LogP contribution in [0.15, 0.2) is 18.5 Å². The lowest BCUT2D eigenvalue weighted by Crippen LogP contribution is -2.29. The van der Waals surface area contributed by atoms with E-state index in [4.69, 9.17) is 16.7 Å². The van der Waals surface area contributed by atoms with Gasteiger partial charge in [0.05, 0.1) is 5.02 Å². The van der Waals surface area contributed by atoms with Crippen LogP contribution >= 0.6 is 11.6 Å². The number of hydrogen-bond acceptors (Lipinski definition) is 3. The normalized spacial score (nSPS) is 11.8. The first-order valence-electron chi connectivity index (χ1n) is 5.95. The van der Waals surface area contributed by atoms with E-state index in [0.717, 1.165) is 31.5 Å². The Morgan fingerprint density at radius 3 is 2.88 bits per heavy atom. The van der Waals surface area contributed by atoms with E-state index < -0.39 is 0 Å². The minimum atomic E-state index is 0.197. The topological polar surface area (TPSA) is 45.1 Å². The van der Waals surface area contributed by atoms with Gasteiger partial charge in [-0.05, 0) is 29.9 Å². The lowest BCUT2D eigenvalue weighted by molar-refractivity contribution is 0.236. The quantitative estimate of drug-likeness (QED) is 0.788. The van der Waals surface area contributed by atoms with Crippen LogP contribution in [0, 0.1) is 5.41 Å². The van der Waals surface area contributed by atoms with E-state index in [1.165, 1.54) is 0 Å². The van der Waals surface area contributed by atoms with Gasteiger partial charge in [-0.25, -0.2) is 0 Å². The second kappa shape index (κ2) is 6.94.